The Labute approximate surface area is 110 Å². The molecule has 2 aromatic heterocycles. The summed E-state index contributed by atoms with van der Waals surface area (Å²) in [6.45, 7) is 2.43. The number of nitrogens with zero attached hydrogens (tertiary/aromatic N) is 6. The molecular formula is C12H16N6O. The van der Waals surface area contributed by atoms with Crippen molar-refractivity contribution in [1.82, 2.24) is 29.8 Å². The Morgan fingerprint density at radius 3 is 3.26 bits per heavy atom. The molecule has 7 nitrogen and oxygen atoms in total. The van der Waals surface area contributed by atoms with E-state index in [-0.39, 0.29) is 0 Å². The molecule has 7 heteroatoms. The lowest BCUT2D eigenvalue weighted by Gasteiger charge is -2.10. The molecule has 100 valence electrons. The average Bonchev–Trinajstić information content (AvgIpc) is 3.15. The molecule has 2 aliphatic heterocycles. The van der Waals surface area contributed by atoms with E-state index in [1.807, 2.05) is 15.6 Å². The second kappa shape index (κ2) is 4.41. The second-order valence-corrected chi connectivity index (χ2v) is 5.24. The van der Waals surface area contributed by atoms with Crippen LogP contribution in [0.5, 0.6) is 0 Å². The first-order chi connectivity index (χ1) is 9.40. The van der Waals surface area contributed by atoms with Gasteiger partial charge in [-0.3, -0.25) is 4.68 Å². The van der Waals surface area contributed by atoms with E-state index in [2.05, 4.69) is 20.4 Å². The Kier molecular flexibility index (Phi) is 2.58. The summed E-state index contributed by atoms with van der Waals surface area (Å²) in [5, 5.41) is 12.8. The molecule has 19 heavy (non-hydrogen) atoms. The number of rotatable bonds is 3. The van der Waals surface area contributed by atoms with E-state index >= 15 is 0 Å². The van der Waals surface area contributed by atoms with Crippen molar-refractivity contribution in [3.8, 4) is 0 Å². The number of hydrogen-bond donors (Lipinski definition) is 0. The van der Waals surface area contributed by atoms with E-state index in [1.165, 1.54) is 0 Å². The Morgan fingerprint density at radius 2 is 2.37 bits per heavy atom. The third-order valence-electron chi connectivity index (χ3n) is 4.00. The predicted molar refractivity (Wildman–Crippen MR) is 65.6 cm³/mol. The van der Waals surface area contributed by atoms with Crippen LogP contribution in [-0.4, -0.2) is 43.0 Å². The van der Waals surface area contributed by atoms with Crippen LogP contribution in [0.3, 0.4) is 0 Å². The third kappa shape index (κ3) is 1.94. The number of aryl methyl sites for hydroxylation is 1. The van der Waals surface area contributed by atoms with Gasteiger partial charge in [0.1, 0.15) is 12.2 Å². The van der Waals surface area contributed by atoms with Gasteiger partial charge in [-0.2, -0.15) is 5.10 Å². The summed E-state index contributed by atoms with van der Waals surface area (Å²) in [5.74, 6) is 1.49. The van der Waals surface area contributed by atoms with Gasteiger partial charge in [-0.05, 0) is 12.8 Å². The fourth-order valence-electron chi connectivity index (χ4n) is 2.92. The molecule has 0 aromatic carbocycles. The maximum Gasteiger partial charge on any atom is 0.138 e. The summed E-state index contributed by atoms with van der Waals surface area (Å²) >= 11 is 0. The van der Waals surface area contributed by atoms with Crippen LogP contribution in [0, 0.1) is 0 Å². The lowest BCUT2D eigenvalue weighted by Crippen LogP contribution is -2.14. The van der Waals surface area contributed by atoms with Gasteiger partial charge < -0.3 is 4.74 Å². The molecule has 4 rings (SSSR count). The summed E-state index contributed by atoms with van der Waals surface area (Å²) in [5.41, 5.74) is 1.05. The van der Waals surface area contributed by atoms with Gasteiger partial charge in [0, 0.05) is 25.1 Å². The first-order valence-corrected chi connectivity index (χ1v) is 6.76. The Bertz CT molecular complexity index is 570. The van der Waals surface area contributed by atoms with Gasteiger partial charge in [0.05, 0.1) is 24.9 Å². The van der Waals surface area contributed by atoms with Crippen molar-refractivity contribution in [2.75, 3.05) is 13.2 Å². The smallest absolute Gasteiger partial charge is 0.138 e. The highest BCUT2D eigenvalue weighted by atomic mass is 16.5. The van der Waals surface area contributed by atoms with Crippen LogP contribution in [-0.2, 0) is 17.7 Å². The number of aromatic nitrogens is 6. The normalized spacial score (nSPS) is 25.9. The summed E-state index contributed by atoms with van der Waals surface area (Å²) in [4.78, 5) is 4.25. The van der Waals surface area contributed by atoms with Gasteiger partial charge in [-0.15, -0.1) is 5.10 Å². The number of ether oxygens (including phenoxy) is 1. The molecule has 1 saturated heterocycles. The van der Waals surface area contributed by atoms with Gasteiger partial charge in [0.2, 0.25) is 0 Å². The molecule has 0 radical (unpaired) electrons. The maximum atomic E-state index is 5.39. The molecule has 2 atom stereocenters. The summed E-state index contributed by atoms with van der Waals surface area (Å²) in [6.07, 6.45) is 6.81. The zero-order valence-electron chi connectivity index (χ0n) is 10.6. The minimum absolute atomic E-state index is 0.354. The Hall–Kier alpha value is -1.76. The van der Waals surface area contributed by atoms with Gasteiger partial charge >= 0.3 is 0 Å². The quantitative estimate of drug-likeness (QED) is 0.806. The minimum Gasteiger partial charge on any atom is -0.381 e. The van der Waals surface area contributed by atoms with Crippen molar-refractivity contribution in [2.45, 2.75) is 37.8 Å². The predicted octanol–water partition coefficient (Wildman–Crippen LogP) is 0.561. The first-order valence-electron chi connectivity index (χ1n) is 6.76. The van der Waals surface area contributed by atoms with Crippen molar-refractivity contribution in [3.05, 3.63) is 24.0 Å². The van der Waals surface area contributed by atoms with Crippen LogP contribution < -0.4 is 0 Å². The van der Waals surface area contributed by atoms with Crippen LogP contribution >= 0.6 is 0 Å². The average molecular weight is 260 g/mol. The lowest BCUT2D eigenvalue weighted by molar-refractivity contribution is 0.193. The highest BCUT2D eigenvalue weighted by molar-refractivity contribution is 5.04. The monoisotopic (exact) mass is 260 g/mol. The molecule has 2 aromatic rings. The summed E-state index contributed by atoms with van der Waals surface area (Å²) < 4.78 is 9.33. The van der Waals surface area contributed by atoms with Crippen molar-refractivity contribution in [1.29, 1.82) is 0 Å². The third-order valence-corrected chi connectivity index (χ3v) is 4.00. The molecule has 4 heterocycles. The molecule has 0 amide bonds. The summed E-state index contributed by atoms with van der Waals surface area (Å²) in [6, 6.07) is 0.354. The molecule has 0 saturated carbocycles. The number of hydrogen-bond acceptors (Lipinski definition) is 5. The molecule has 2 unspecified atom stereocenters. The Morgan fingerprint density at radius 1 is 1.37 bits per heavy atom. The van der Waals surface area contributed by atoms with Crippen LogP contribution in [0.2, 0.25) is 0 Å². The highest BCUT2D eigenvalue weighted by Gasteiger charge is 2.25. The van der Waals surface area contributed by atoms with Crippen LogP contribution in [0.25, 0.3) is 0 Å². The zero-order valence-corrected chi connectivity index (χ0v) is 10.6. The zero-order chi connectivity index (χ0) is 12.7. The van der Waals surface area contributed by atoms with Crippen molar-refractivity contribution in [3.63, 3.8) is 0 Å². The van der Waals surface area contributed by atoms with Gasteiger partial charge in [-0.25, -0.2) is 9.67 Å². The van der Waals surface area contributed by atoms with Crippen LogP contribution in [0.4, 0.5) is 0 Å². The largest absolute Gasteiger partial charge is 0.381 e. The van der Waals surface area contributed by atoms with Crippen LogP contribution in [0.1, 0.15) is 36.3 Å². The van der Waals surface area contributed by atoms with Crippen molar-refractivity contribution in [2.24, 2.45) is 0 Å². The molecule has 2 aliphatic rings. The summed E-state index contributed by atoms with van der Waals surface area (Å²) in [7, 11) is 0. The van der Waals surface area contributed by atoms with Gasteiger partial charge in [0.15, 0.2) is 0 Å². The van der Waals surface area contributed by atoms with E-state index in [0.717, 1.165) is 50.5 Å². The van der Waals surface area contributed by atoms with E-state index in [1.54, 1.807) is 6.33 Å². The molecule has 0 N–H and O–H groups in total. The topological polar surface area (TPSA) is 70.7 Å². The standard InChI is InChI=1S/C12H16N6O/c1-2-12-13-8-14-18(12)10(1)5-17-6-11(15-16-17)9-3-4-19-7-9/h6,8-10H,1-5,7H2. The fourth-order valence-corrected chi connectivity index (χ4v) is 2.92. The molecular weight excluding hydrogens is 244 g/mol. The molecule has 0 aliphatic carbocycles. The van der Waals surface area contributed by atoms with E-state index in [4.69, 9.17) is 4.74 Å². The highest BCUT2D eigenvalue weighted by Crippen LogP contribution is 2.26. The number of fused-ring (bicyclic) bond motifs is 1. The molecule has 1 fully saturated rings. The van der Waals surface area contributed by atoms with Gasteiger partial charge in [-0.1, -0.05) is 5.21 Å². The van der Waals surface area contributed by atoms with E-state index < -0.39 is 0 Å². The van der Waals surface area contributed by atoms with Gasteiger partial charge in [0.25, 0.3) is 0 Å². The fraction of sp³-hybridized carbons (Fsp3) is 0.667. The van der Waals surface area contributed by atoms with Crippen molar-refractivity contribution < 1.29 is 4.74 Å². The SMILES string of the molecule is c1nc2n(n1)C(Cn1cc(C3CCOC3)nn1)CC2. The first kappa shape index (κ1) is 11.1. The second-order valence-electron chi connectivity index (χ2n) is 5.24. The van der Waals surface area contributed by atoms with E-state index in [0.29, 0.717) is 12.0 Å². The minimum atomic E-state index is 0.354. The Balaban J connectivity index is 1.49. The van der Waals surface area contributed by atoms with E-state index in [9.17, 15) is 0 Å². The van der Waals surface area contributed by atoms with Crippen LogP contribution in [0.15, 0.2) is 12.5 Å². The maximum absolute atomic E-state index is 5.39. The lowest BCUT2D eigenvalue weighted by atomic mass is 10.1. The van der Waals surface area contributed by atoms with Crippen molar-refractivity contribution >= 4 is 0 Å². The molecule has 0 spiro atoms. The molecule has 0 bridgehead atoms.